The van der Waals surface area contributed by atoms with Crippen molar-refractivity contribution in [3.05, 3.63) is 58.8 Å². The molecule has 0 aliphatic rings. The number of benzene rings is 1. The number of aromatic nitrogens is 3. The smallest absolute Gasteiger partial charge is 0.224 e. The van der Waals surface area contributed by atoms with Crippen molar-refractivity contribution in [1.82, 2.24) is 15.0 Å². The van der Waals surface area contributed by atoms with Gasteiger partial charge in [-0.25, -0.2) is 4.98 Å². The van der Waals surface area contributed by atoms with Crippen LogP contribution < -0.4 is 10.6 Å². The normalized spacial score (nSPS) is 10.4. The molecule has 0 saturated carbocycles. The number of pyridine rings is 1. The van der Waals surface area contributed by atoms with Crippen molar-refractivity contribution >= 4 is 33.4 Å². The molecule has 0 spiro atoms. The summed E-state index contributed by atoms with van der Waals surface area (Å²) < 4.78 is 0.993. The summed E-state index contributed by atoms with van der Waals surface area (Å²) in [5.41, 5.74) is 3.97. The molecular weight excluding hydrogens is 354 g/mol. The second-order valence-electron chi connectivity index (χ2n) is 5.06. The van der Waals surface area contributed by atoms with Crippen molar-refractivity contribution in [2.24, 2.45) is 0 Å². The van der Waals surface area contributed by atoms with Gasteiger partial charge in [0.25, 0.3) is 0 Å². The Kier molecular flexibility index (Phi) is 4.52. The van der Waals surface area contributed by atoms with Crippen molar-refractivity contribution in [3.8, 4) is 11.3 Å². The minimum Gasteiger partial charge on any atom is -0.357 e. The fourth-order valence-corrected chi connectivity index (χ4v) is 2.75. The van der Waals surface area contributed by atoms with Crippen LogP contribution in [0.15, 0.2) is 53.3 Å². The molecule has 5 nitrogen and oxygen atoms in total. The molecule has 1 aromatic carbocycles. The quantitative estimate of drug-likeness (QED) is 0.713. The SMILES string of the molecule is CNc1nc(Nc2ccc(C)cc2Br)cc(-c2ccncc2)n1. The molecule has 116 valence electrons. The van der Waals surface area contributed by atoms with Crippen LogP contribution in [0, 0.1) is 6.92 Å². The van der Waals surface area contributed by atoms with Crippen LogP contribution in [0.2, 0.25) is 0 Å². The lowest BCUT2D eigenvalue weighted by molar-refractivity contribution is 1.15. The van der Waals surface area contributed by atoms with Crippen LogP contribution in [0.3, 0.4) is 0 Å². The average molecular weight is 370 g/mol. The van der Waals surface area contributed by atoms with Gasteiger partial charge in [0.15, 0.2) is 0 Å². The summed E-state index contributed by atoms with van der Waals surface area (Å²) in [4.78, 5) is 13.0. The molecule has 0 aliphatic carbocycles. The van der Waals surface area contributed by atoms with Gasteiger partial charge >= 0.3 is 0 Å². The van der Waals surface area contributed by atoms with Crippen LogP contribution in [0.25, 0.3) is 11.3 Å². The molecule has 0 fully saturated rings. The maximum atomic E-state index is 4.50. The maximum absolute atomic E-state index is 4.50. The first kappa shape index (κ1) is 15.4. The molecule has 0 saturated heterocycles. The van der Waals surface area contributed by atoms with Gasteiger partial charge in [0.1, 0.15) is 5.82 Å². The average Bonchev–Trinajstić information content (AvgIpc) is 2.58. The van der Waals surface area contributed by atoms with E-state index in [2.05, 4.69) is 60.6 Å². The van der Waals surface area contributed by atoms with Gasteiger partial charge in [-0.05, 0) is 52.7 Å². The number of hydrogen-bond donors (Lipinski definition) is 2. The highest BCUT2D eigenvalue weighted by molar-refractivity contribution is 9.10. The number of halogens is 1. The van der Waals surface area contributed by atoms with E-state index in [1.807, 2.05) is 24.3 Å². The van der Waals surface area contributed by atoms with E-state index in [1.165, 1.54) is 5.56 Å². The van der Waals surface area contributed by atoms with Gasteiger partial charge in [-0.3, -0.25) is 4.98 Å². The minimum atomic E-state index is 0.560. The Balaban J connectivity index is 1.99. The van der Waals surface area contributed by atoms with Gasteiger partial charge in [-0.15, -0.1) is 0 Å². The first-order valence-corrected chi connectivity index (χ1v) is 7.95. The van der Waals surface area contributed by atoms with Gasteiger partial charge < -0.3 is 10.6 Å². The van der Waals surface area contributed by atoms with Gasteiger partial charge in [0.2, 0.25) is 5.95 Å². The molecule has 2 N–H and O–H groups in total. The number of aryl methyl sites for hydroxylation is 1. The zero-order chi connectivity index (χ0) is 16.2. The molecule has 2 aromatic heterocycles. The molecular formula is C17H16BrN5. The van der Waals surface area contributed by atoms with E-state index < -0.39 is 0 Å². The van der Waals surface area contributed by atoms with E-state index in [-0.39, 0.29) is 0 Å². The van der Waals surface area contributed by atoms with Crippen molar-refractivity contribution in [1.29, 1.82) is 0 Å². The largest absolute Gasteiger partial charge is 0.357 e. The summed E-state index contributed by atoms with van der Waals surface area (Å²) in [5.74, 6) is 1.28. The summed E-state index contributed by atoms with van der Waals surface area (Å²) in [7, 11) is 1.80. The number of nitrogens with one attached hydrogen (secondary N) is 2. The van der Waals surface area contributed by atoms with Crippen molar-refractivity contribution in [2.45, 2.75) is 6.92 Å². The lowest BCUT2D eigenvalue weighted by Crippen LogP contribution is -2.02. The summed E-state index contributed by atoms with van der Waals surface area (Å²) in [6.07, 6.45) is 3.50. The highest BCUT2D eigenvalue weighted by Crippen LogP contribution is 2.28. The molecule has 3 aromatic rings. The third-order valence-corrected chi connectivity index (χ3v) is 3.97. The van der Waals surface area contributed by atoms with E-state index >= 15 is 0 Å². The summed E-state index contributed by atoms with van der Waals surface area (Å²) in [5, 5.41) is 6.33. The molecule has 0 bridgehead atoms. The Morgan fingerprint density at radius 2 is 1.78 bits per heavy atom. The van der Waals surface area contributed by atoms with E-state index in [9.17, 15) is 0 Å². The highest BCUT2D eigenvalue weighted by Gasteiger charge is 2.08. The second-order valence-corrected chi connectivity index (χ2v) is 5.91. The Morgan fingerprint density at radius 1 is 1.00 bits per heavy atom. The molecule has 0 unspecified atom stereocenters. The minimum absolute atomic E-state index is 0.560. The highest BCUT2D eigenvalue weighted by atomic mass is 79.9. The standard InChI is InChI=1S/C17H16BrN5/c1-11-3-4-14(13(18)9-11)21-16-10-15(22-17(19-2)23-16)12-5-7-20-8-6-12/h3-10H,1-2H3,(H2,19,21,22,23). The van der Waals surface area contributed by atoms with Gasteiger partial charge in [0, 0.05) is 35.5 Å². The van der Waals surface area contributed by atoms with E-state index in [1.54, 1.807) is 19.4 Å². The van der Waals surface area contributed by atoms with Crippen LogP contribution >= 0.6 is 15.9 Å². The van der Waals surface area contributed by atoms with Crippen LogP contribution in [0.1, 0.15) is 5.56 Å². The van der Waals surface area contributed by atoms with Crippen molar-refractivity contribution < 1.29 is 0 Å². The first-order chi connectivity index (χ1) is 11.2. The summed E-state index contributed by atoms with van der Waals surface area (Å²) in [6.45, 7) is 2.06. The molecule has 0 aliphatic heterocycles. The fourth-order valence-electron chi connectivity index (χ4n) is 2.15. The lowest BCUT2D eigenvalue weighted by Gasteiger charge is -2.11. The third kappa shape index (κ3) is 3.65. The Labute approximate surface area is 143 Å². The van der Waals surface area contributed by atoms with Crippen LogP contribution in [0.5, 0.6) is 0 Å². The van der Waals surface area contributed by atoms with Gasteiger partial charge in [0.05, 0.1) is 11.4 Å². The molecule has 2 heterocycles. The molecule has 6 heteroatoms. The van der Waals surface area contributed by atoms with Gasteiger partial charge in [-0.1, -0.05) is 6.07 Å². The second kappa shape index (κ2) is 6.75. The number of anilines is 3. The van der Waals surface area contributed by atoms with Crippen molar-refractivity contribution in [2.75, 3.05) is 17.7 Å². The molecule has 3 rings (SSSR count). The van der Waals surface area contributed by atoms with E-state index in [0.29, 0.717) is 5.95 Å². The Hall–Kier alpha value is -2.47. The van der Waals surface area contributed by atoms with Crippen molar-refractivity contribution in [3.63, 3.8) is 0 Å². The topological polar surface area (TPSA) is 62.7 Å². The molecule has 0 atom stereocenters. The van der Waals surface area contributed by atoms with Crippen LogP contribution in [-0.4, -0.2) is 22.0 Å². The monoisotopic (exact) mass is 369 g/mol. The predicted molar refractivity (Wildman–Crippen MR) is 97.0 cm³/mol. The molecule has 0 radical (unpaired) electrons. The lowest BCUT2D eigenvalue weighted by atomic mass is 10.2. The zero-order valence-corrected chi connectivity index (χ0v) is 14.4. The third-order valence-electron chi connectivity index (χ3n) is 3.31. The number of nitrogens with zero attached hydrogens (tertiary/aromatic N) is 3. The first-order valence-electron chi connectivity index (χ1n) is 7.16. The summed E-state index contributed by atoms with van der Waals surface area (Å²) in [6, 6.07) is 11.9. The fraction of sp³-hybridized carbons (Fsp3) is 0.118. The number of rotatable bonds is 4. The predicted octanol–water partition coefficient (Wildman–Crippen LogP) is 4.39. The van der Waals surface area contributed by atoms with Gasteiger partial charge in [-0.2, -0.15) is 4.98 Å². The molecule has 23 heavy (non-hydrogen) atoms. The van der Waals surface area contributed by atoms with Crippen LogP contribution in [0.4, 0.5) is 17.5 Å². The molecule has 0 amide bonds. The number of hydrogen-bond acceptors (Lipinski definition) is 5. The maximum Gasteiger partial charge on any atom is 0.224 e. The Morgan fingerprint density at radius 3 is 2.48 bits per heavy atom. The summed E-state index contributed by atoms with van der Waals surface area (Å²) >= 11 is 3.57. The Bertz CT molecular complexity index is 820. The van der Waals surface area contributed by atoms with E-state index in [4.69, 9.17) is 0 Å². The van der Waals surface area contributed by atoms with E-state index in [0.717, 1.165) is 27.2 Å². The van der Waals surface area contributed by atoms with Crippen LogP contribution in [-0.2, 0) is 0 Å². The zero-order valence-electron chi connectivity index (χ0n) is 12.8.